The average Bonchev–Trinajstić information content (AvgIpc) is 3.49. The molecule has 28 heavy (non-hydrogen) atoms. The molecule has 0 aliphatic heterocycles. The fourth-order valence-corrected chi connectivity index (χ4v) is 8.32. The molecular weight excluding hydrogens is 344 g/mol. The number of rotatable bonds is 2. The van der Waals surface area contributed by atoms with Crippen molar-refractivity contribution in [2.24, 2.45) is 47.3 Å². The zero-order valence-electron chi connectivity index (χ0n) is 16.0. The predicted octanol–water partition coefficient (Wildman–Crippen LogP) is 5.48. The molecule has 2 aromatic carbocycles. The van der Waals surface area contributed by atoms with Gasteiger partial charge in [0, 0.05) is 0 Å². The third kappa shape index (κ3) is 1.97. The van der Waals surface area contributed by atoms with Crippen LogP contribution in [0, 0.1) is 47.3 Å². The topological polar surface area (TPSA) is 26.3 Å². The second-order valence-corrected chi connectivity index (χ2v) is 10.0. The Kier molecular flexibility index (Phi) is 3.10. The standard InChI is InChI=1S/C26H26O2/c27-26(19-7-3-5-14-4-1-2-6-18(14)19)28-23-12-17-11-21(23)22-13-20-15-8-9-16(10-15)24(20)25(17)22/h1-9,15-17,20-25H,10-13H2. The van der Waals surface area contributed by atoms with E-state index in [0.717, 1.165) is 64.2 Å². The van der Waals surface area contributed by atoms with Crippen LogP contribution in [0.15, 0.2) is 54.6 Å². The van der Waals surface area contributed by atoms with Crippen molar-refractivity contribution in [2.75, 3.05) is 0 Å². The zero-order valence-corrected chi connectivity index (χ0v) is 16.0. The van der Waals surface area contributed by atoms with E-state index in [1.54, 1.807) is 0 Å². The van der Waals surface area contributed by atoms with E-state index in [1.165, 1.54) is 19.3 Å². The lowest BCUT2D eigenvalue weighted by atomic mass is 9.73. The van der Waals surface area contributed by atoms with Crippen molar-refractivity contribution in [2.45, 2.75) is 31.8 Å². The quantitative estimate of drug-likeness (QED) is 0.517. The minimum Gasteiger partial charge on any atom is -0.458 e. The van der Waals surface area contributed by atoms with Crippen LogP contribution in [-0.4, -0.2) is 12.1 Å². The van der Waals surface area contributed by atoms with Gasteiger partial charge >= 0.3 is 5.97 Å². The Hall–Kier alpha value is -2.09. The summed E-state index contributed by atoms with van der Waals surface area (Å²) >= 11 is 0. The van der Waals surface area contributed by atoms with E-state index in [0.29, 0.717) is 5.92 Å². The van der Waals surface area contributed by atoms with Crippen molar-refractivity contribution in [3.05, 3.63) is 60.2 Å². The smallest absolute Gasteiger partial charge is 0.339 e. The second-order valence-electron chi connectivity index (χ2n) is 10.0. The van der Waals surface area contributed by atoms with Crippen molar-refractivity contribution in [3.63, 3.8) is 0 Å². The third-order valence-corrected chi connectivity index (χ3v) is 9.12. The number of ether oxygens (including phenoxy) is 1. The van der Waals surface area contributed by atoms with Gasteiger partial charge in [0.05, 0.1) is 5.56 Å². The number of hydrogen-bond donors (Lipinski definition) is 0. The van der Waals surface area contributed by atoms with E-state index in [2.05, 4.69) is 24.3 Å². The molecule has 4 fully saturated rings. The molecule has 4 bridgehead atoms. The average molecular weight is 370 g/mol. The van der Waals surface area contributed by atoms with Gasteiger partial charge in [-0.3, -0.25) is 0 Å². The first-order valence-corrected chi connectivity index (χ1v) is 11.1. The molecule has 0 heterocycles. The fraction of sp³-hybridized carbons (Fsp3) is 0.500. The molecule has 0 amide bonds. The summed E-state index contributed by atoms with van der Waals surface area (Å²) in [5.74, 6) is 6.62. The minimum absolute atomic E-state index is 0.120. The Morgan fingerprint density at radius 2 is 1.64 bits per heavy atom. The van der Waals surface area contributed by atoms with Crippen LogP contribution in [0.3, 0.4) is 0 Å². The Morgan fingerprint density at radius 3 is 2.61 bits per heavy atom. The molecule has 9 unspecified atom stereocenters. The van der Waals surface area contributed by atoms with Crippen molar-refractivity contribution in [1.29, 1.82) is 0 Å². The van der Waals surface area contributed by atoms with Gasteiger partial charge in [-0.15, -0.1) is 0 Å². The van der Waals surface area contributed by atoms with Gasteiger partial charge in [0.1, 0.15) is 6.10 Å². The van der Waals surface area contributed by atoms with Gasteiger partial charge in [-0.1, -0.05) is 48.6 Å². The van der Waals surface area contributed by atoms with Gasteiger partial charge in [0.15, 0.2) is 0 Å². The number of benzene rings is 2. The summed E-state index contributed by atoms with van der Waals surface area (Å²) in [6.45, 7) is 0. The lowest BCUT2D eigenvalue weighted by Crippen LogP contribution is -2.34. The first-order chi connectivity index (χ1) is 13.8. The molecule has 0 N–H and O–H groups in total. The van der Waals surface area contributed by atoms with Crippen molar-refractivity contribution >= 4 is 16.7 Å². The summed E-state index contributed by atoms with van der Waals surface area (Å²) in [4.78, 5) is 13.1. The Bertz CT molecular complexity index is 1000. The summed E-state index contributed by atoms with van der Waals surface area (Å²) in [6, 6.07) is 14.1. The van der Waals surface area contributed by atoms with Crippen LogP contribution in [-0.2, 0) is 4.74 Å². The van der Waals surface area contributed by atoms with Crippen molar-refractivity contribution in [1.82, 2.24) is 0 Å². The molecule has 5 aliphatic rings. The monoisotopic (exact) mass is 370 g/mol. The van der Waals surface area contributed by atoms with Crippen LogP contribution < -0.4 is 0 Å². The number of carbonyl (C=O) groups excluding carboxylic acids is 1. The highest BCUT2D eigenvalue weighted by atomic mass is 16.5. The summed E-state index contributed by atoms with van der Waals surface area (Å²) in [5, 5.41) is 2.12. The van der Waals surface area contributed by atoms with Gasteiger partial charge in [0.25, 0.3) is 0 Å². The van der Waals surface area contributed by atoms with Crippen LogP contribution in [0.2, 0.25) is 0 Å². The minimum atomic E-state index is -0.120. The molecule has 2 aromatic rings. The van der Waals surface area contributed by atoms with Crippen LogP contribution in [0.4, 0.5) is 0 Å². The molecule has 9 atom stereocenters. The van der Waals surface area contributed by atoms with E-state index in [1.807, 2.05) is 30.3 Å². The lowest BCUT2D eigenvalue weighted by molar-refractivity contribution is -0.00208. The number of allylic oxidation sites excluding steroid dienone is 2. The largest absolute Gasteiger partial charge is 0.458 e. The first kappa shape index (κ1) is 15.8. The third-order valence-electron chi connectivity index (χ3n) is 9.12. The SMILES string of the molecule is O=C(OC1CC2CC1C1CC3C4C=CC(C4)C3C21)c1cccc2ccccc12. The van der Waals surface area contributed by atoms with Crippen LogP contribution in [0.25, 0.3) is 10.8 Å². The van der Waals surface area contributed by atoms with Crippen molar-refractivity contribution in [3.8, 4) is 0 Å². The predicted molar refractivity (Wildman–Crippen MR) is 109 cm³/mol. The first-order valence-electron chi connectivity index (χ1n) is 11.1. The summed E-state index contributed by atoms with van der Waals surface area (Å²) < 4.78 is 6.18. The fourth-order valence-electron chi connectivity index (χ4n) is 8.32. The highest BCUT2D eigenvalue weighted by molar-refractivity contribution is 6.04. The molecule has 0 spiro atoms. The van der Waals surface area contributed by atoms with Gasteiger partial charge < -0.3 is 4.74 Å². The molecule has 5 aliphatic carbocycles. The Balaban J connectivity index is 1.14. The van der Waals surface area contributed by atoms with E-state index < -0.39 is 0 Å². The van der Waals surface area contributed by atoms with Gasteiger partial charge in [-0.05, 0) is 89.9 Å². The summed E-state index contributed by atoms with van der Waals surface area (Å²) in [5.41, 5.74) is 0.725. The van der Waals surface area contributed by atoms with Gasteiger partial charge in [-0.25, -0.2) is 4.79 Å². The van der Waals surface area contributed by atoms with Gasteiger partial charge in [0.2, 0.25) is 0 Å². The number of esters is 1. The molecule has 0 aromatic heterocycles. The summed E-state index contributed by atoms with van der Waals surface area (Å²) in [7, 11) is 0. The van der Waals surface area contributed by atoms with E-state index in [9.17, 15) is 4.79 Å². The molecule has 2 heteroatoms. The number of fused-ring (bicyclic) bond motifs is 12. The molecule has 142 valence electrons. The molecule has 4 saturated carbocycles. The molecule has 0 radical (unpaired) electrons. The maximum absolute atomic E-state index is 13.1. The Labute approximate surface area is 166 Å². The van der Waals surface area contributed by atoms with Crippen LogP contribution in [0.5, 0.6) is 0 Å². The van der Waals surface area contributed by atoms with E-state index in [4.69, 9.17) is 4.74 Å². The molecule has 0 saturated heterocycles. The zero-order chi connectivity index (χ0) is 18.4. The van der Waals surface area contributed by atoms with Gasteiger partial charge in [-0.2, -0.15) is 0 Å². The second kappa shape index (κ2) is 5.49. The molecule has 7 rings (SSSR count). The maximum atomic E-state index is 13.1. The van der Waals surface area contributed by atoms with E-state index >= 15 is 0 Å². The number of hydrogen-bond acceptors (Lipinski definition) is 2. The highest BCUT2D eigenvalue weighted by Crippen LogP contribution is 2.69. The van der Waals surface area contributed by atoms with Crippen molar-refractivity contribution < 1.29 is 9.53 Å². The summed E-state index contributed by atoms with van der Waals surface area (Å²) in [6.07, 6.45) is 10.4. The molecule has 2 nitrogen and oxygen atoms in total. The normalized spacial score (nSPS) is 44.2. The maximum Gasteiger partial charge on any atom is 0.339 e. The van der Waals surface area contributed by atoms with Crippen LogP contribution >= 0.6 is 0 Å². The Morgan fingerprint density at radius 1 is 0.786 bits per heavy atom. The highest BCUT2D eigenvalue weighted by Gasteiger charge is 2.65. The lowest BCUT2D eigenvalue weighted by Gasteiger charge is -2.35. The van der Waals surface area contributed by atoms with Crippen LogP contribution in [0.1, 0.15) is 36.0 Å². The molecular formula is C26H26O2. The van der Waals surface area contributed by atoms with E-state index in [-0.39, 0.29) is 12.1 Å². The number of carbonyl (C=O) groups is 1.